The van der Waals surface area contributed by atoms with E-state index >= 15 is 0 Å². The van der Waals surface area contributed by atoms with Crippen LogP contribution < -0.4 is 11.3 Å². The normalized spacial score (nSPS) is 24.1. The van der Waals surface area contributed by atoms with E-state index in [1.165, 1.54) is 0 Å². The third-order valence-corrected chi connectivity index (χ3v) is 3.04. The Morgan fingerprint density at radius 3 is 3.00 bits per heavy atom. The molecule has 1 heterocycles. The molecule has 1 amide bonds. The van der Waals surface area contributed by atoms with Crippen molar-refractivity contribution in [1.29, 1.82) is 0 Å². The van der Waals surface area contributed by atoms with Gasteiger partial charge in [-0.1, -0.05) is 13.3 Å². The summed E-state index contributed by atoms with van der Waals surface area (Å²) < 4.78 is 0. The van der Waals surface area contributed by atoms with Crippen LogP contribution in [0.15, 0.2) is 0 Å². The van der Waals surface area contributed by atoms with Gasteiger partial charge in [-0.3, -0.25) is 15.1 Å². The number of nitrogens with zero attached hydrogens (tertiary/aromatic N) is 1. The van der Waals surface area contributed by atoms with Crippen LogP contribution in [0.5, 0.6) is 0 Å². The summed E-state index contributed by atoms with van der Waals surface area (Å²) in [6.45, 7) is 3.04. The number of carbonyl (C=O) groups is 1. The first-order valence-corrected chi connectivity index (χ1v) is 5.61. The molecular formula is C10H21N3O2. The molecule has 0 aromatic carbocycles. The molecule has 1 saturated heterocycles. The first-order valence-electron chi connectivity index (χ1n) is 5.61. The number of aliphatic hydroxyl groups excluding tert-OH is 1. The largest absolute Gasteiger partial charge is 0.395 e. The Morgan fingerprint density at radius 2 is 2.47 bits per heavy atom. The van der Waals surface area contributed by atoms with Crippen molar-refractivity contribution in [1.82, 2.24) is 10.3 Å². The Hall–Kier alpha value is -0.650. The maximum atomic E-state index is 11.6. The van der Waals surface area contributed by atoms with E-state index in [9.17, 15) is 9.90 Å². The molecule has 0 aromatic rings. The van der Waals surface area contributed by atoms with Gasteiger partial charge in [0.1, 0.15) is 0 Å². The highest BCUT2D eigenvalue weighted by atomic mass is 16.3. The summed E-state index contributed by atoms with van der Waals surface area (Å²) in [6.07, 6.45) is 3.74. The van der Waals surface area contributed by atoms with Gasteiger partial charge in [0.15, 0.2) is 0 Å². The Bertz CT molecular complexity index is 211. The summed E-state index contributed by atoms with van der Waals surface area (Å²) >= 11 is 0. The van der Waals surface area contributed by atoms with Crippen molar-refractivity contribution in [3.8, 4) is 0 Å². The van der Waals surface area contributed by atoms with Gasteiger partial charge in [0.05, 0.1) is 12.6 Å². The molecule has 0 aromatic heterocycles. The van der Waals surface area contributed by atoms with Crippen molar-refractivity contribution in [3.63, 3.8) is 0 Å². The lowest BCUT2D eigenvalue weighted by atomic mass is 10.1. The second kappa shape index (κ2) is 6.05. The summed E-state index contributed by atoms with van der Waals surface area (Å²) in [6, 6.07) is -0.0569. The molecule has 4 N–H and O–H groups in total. The number of hydrazine groups is 1. The highest BCUT2D eigenvalue weighted by molar-refractivity contribution is 5.81. The highest BCUT2D eigenvalue weighted by Crippen LogP contribution is 2.22. The van der Waals surface area contributed by atoms with Crippen LogP contribution >= 0.6 is 0 Å². The number of nitrogens with two attached hydrogens (primary N) is 1. The van der Waals surface area contributed by atoms with Crippen LogP contribution in [0.3, 0.4) is 0 Å². The summed E-state index contributed by atoms with van der Waals surface area (Å²) in [7, 11) is 0. The molecule has 0 saturated carbocycles. The van der Waals surface area contributed by atoms with E-state index in [1.807, 2.05) is 6.92 Å². The van der Waals surface area contributed by atoms with Gasteiger partial charge < -0.3 is 5.11 Å². The predicted octanol–water partition coefficient (Wildman–Crippen LogP) is -0.398. The summed E-state index contributed by atoms with van der Waals surface area (Å²) in [4.78, 5) is 13.7. The molecule has 5 nitrogen and oxygen atoms in total. The van der Waals surface area contributed by atoms with Crippen molar-refractivity contribution in [2.75, 3.05) is 13.2 Å². The molecule has 5 heteroatoms. The van der Waals surface area contributed by atoms with Crippen LogP contribution in [0.2, 0.25) is 0 Å². The molecule has 1 fully saturated rings. The minimum absolute atomic E-state index is 0.123. The number of carbonyl (C=O) groups excluding carboxylic acids is 1. The standard InChI is InChI=1S/C10H21N3O2/c1-2-4-9(10(15)12-11)13-6-3-5-8(13)7-14/h8-9,14H,2-7,11H2,1H3,(H,12,15). The van der Waals surface area contributed by atoms with Gasteiger partial charge in [-0.15, -0.1) is 0 Å². The number of amides is 1. The summed E-state index contributed by atoms with van der Waals surface area (Å²) in [5.41, 5.74) is 2.21. The van der Waals surface area contributed by atoms with E-state index in [4.69, 9.17) is 5.84 Å². The van der Waals surface area contributed by atoms with Crippen LogP contribution in [0.1, 0.15) is 32.6 Å². The second-order valence-corrected chi connectivity index (χ2v) is 4.03. The van der Waals surface area contributed by atoms with E-state index in [0.29, 0.717) is 0 Å². The van der Waals surface area contributed by atoms with Crippen LogP contribution in [0.4, 0.5) is 0 Å². The third kappa shape index (κ3) is 2.90. The molecule has 0 bridgehead atoms. The molecule has 0 radical (unpaired) electrons. The molecule has 0 spiro atoms. The predicted molar refractivity (Wildman–Crippen MR) is 57.8 cm³/mol. The number of rotatable bonds is 5. The number of hydrogen-bond donors (Lipinski definition) is 3. The Kier molecular flexibility index (Phi) is 5.01. The number of aliphatic hydroxyl groups is 1. The van der Waals surface area contributed by atoms with E-state index in [0.717, 1.165) is 32.2 Å². The van der Waals surface area contributed by atoms with Gasteiger partial charge in [0, 0.05) is 6.04 Å². The lowest BCUT2D eigenvalue weighted by molar-refractivity contribution is -0.127. The van der Waals surface area contributed by atoms with Crippen molar-refractivity contribution in [2.45, 2.75) is 44.7 Å². The van der Waals surface area contributed by atoms with Crippen LogP contribution in [0.25, 0.3) is 0 Å². The average molecular weight is 215 g/mol. The number of hydrogen-bond acceptors (Lipinski definition) is 4. The van der Waals surface area contributed by atoms with Gasteiger partial charge >= 0.3 is 0 Å². The smallest absolute Gasteiger partial charge is 0.251 e. The maximum Gasteiger partial charge on any atom is 0.251 e. The van der Waals surface area contributed by atoms with Gasteiger partial charge in [-0.25, -0.2) is 5.84 Å². The minimum atomic E-state index is -0.181. The lowest BCUT2D eigenvalue weighted by Crippen LogP contribution is -2.51. The zero-order valence-corrected chi connectivity index (χ0v) is 9.28. The topological polar surface area (TPSA) is 78.6 Å². The highest BCUT2D eigenvalue weighted by Gasteiger charge is 2.33. The fourth-order valence-electron chi connectivity index (χ4n) is 2.28. The first kappa shape index (κ1) is 12.4. The molecule has 1 aliphatic rings. The summed E-state index contributed by atoms with van der Waals surface area (Å²) in [5, 5.41) is 9.20. The van der Waals surface area contributed by atoms with Gasteiger partial charge in [-0.2, -0.15) is 0 Å². The molecule has 1 rings (SSSR count). The Balaban J connectivity index is 2.65. The SMILES string of the molecule is CCCC(C(=O)NN)N1CCCC1CO. The first-order chi connectivity index (χ1) is 7.24. The van der Waals surface area contributed by atoms with Crippen LogP contribution in [0, 0.1) is 0 Å². The third-order valence-electron chi connectivity index (χ3n) is 3.04. The van der Waals surface area contributed by atoms with Crippen molar-refractivity contribution < 1.29 is 9.90 Å². The van der Waals surface area contributed by atoms with E-state index < -0.39 is 0 Å². The fraction of sp³-hybridized carbons (Fsp3) is 0.900. The molecule has 0 aliphatic carbocycles. The number of nitrogens with one attached hydrogen (secondary N) is 1. The van der Waals surface area contributed by atoms with Crippen LogP contribution in [-0.2, 0) is 4.79 Å². The molecular weight excluding hydrogens is 194 g/mol. The van der Waals surface area contributed by atoms with Crippen LogP contribution in [-0.4, -0.2) is 41.1 Å². The van der Waals surface area contributed by atoms with Gasteiger partial charge in [0.2, 0.25) is 0 Å². The van der Waals surface area contributed by atoms with Crippen molar-refractivity contribution >= 4 is 5.91 Å². The molecule has 2 unspecified atom stereocenters. The minimum Gasteiger partial charge on any atom is -0.395 e. The average Bonchev–Trinajstić information content (AvgIpc) is 2.72. The molecule has 2 atom stereocenters. The molecule has 1 aliphatic heterocycles. The zero-order valence-electron chi connectivity index (χ0n) is 9.28. The van der Waals surface area contributed by atoms with E-state index in [1.54, 1.807) is 0 Å². The van der Waals surface area contributed by atoms with E-state index in [2.05, 4.69) is 10.3 Å². The maximum absolute atomic E-state index is 11.6. The molecule has 88 valence electrons. The monoisotopic (exact) mass is 215 g/mol. The van der Waals surface area contributed by atoms with Gasteiger partial charge in [0.25, 0.3) is 5.91 Å². The Morgan fingerprint density at radius 1 is 1.73 bits per heavy atom. The lowest BCUT2D eigenvalue weighted by Gasteiger charge is -2.30. The quantitative estimate of drug-likeness (QED) is 0.331. The van der Waals surface area contributed by atoms with E-state index in [-0.39, 0.29) is 24.6 Å². The Labute approximate surface area is 90.6 Å². The zero-order chi connectivity index (χ0) is 11.3. The molecule has 15 heavy (non-hydrogen) atoms. The summed E-state index contributed by atoms with van der Waals surface area (Å²) in [5.74, 6) is 5.03. The van der Waals surface area contributed by atoms with Crippen molar-refractivity contribution in [2.24, 2.45) is 5.84 Å². The fourth-order valence-corrected chi connectivity index (χ4v) is 2.28. The second-order valence-electron chi connectivity index (χ2n) is 4.03. The van der Waals surface area contributed by atoms with Crippen molar-refractivity contribution in [3.05, 3.63) is 0 Å². The van der Waals surface area contributed by atoms with Gasteiger partial charge in [-0.05, 0) is 25.8 Å². The number of likely N-dealkylation sites (tertiary alicyclic amines) is 1.